The van der Waals surface area contributed by atoms with E-state index in [2.05, 4.69) is 4.98 Å². The van der Waals surface area contributed by atoms with Crippen LogP contribution in [0.25, 0.3) is 32.9 Å². The zero-order valence-corrected chi connectivity index (χ0v) is 17.1. The maximum atomic E-state index is 6.14. The highest BCUT2D eigenvalue weighted by Gasteiger charge is 2.23. The molecule has 4 aromatic rings. The number of imidazole rings is 1. The molecule has 0 amide bonds. The van der Waals surface area contributed by atoms with Gasteiger partial charge in [-0.1, -0.05) is 12.1 Å². The highest BCUT2D eigenvalue weighted by Crippen LogP contribution is 2.49. The van der Waals surface area contributed by atoms with Crippen molar-refractivity contribution in [3.05, 3.63) is 36.4 Å². The summed E-state index contributed by atoms with van der Waals surface area (Å²) in [5.74, 6) is 2.91. The number of aromatic nitrogens is 2. The third-order valence-corrected chi connectivity index (χ3v) is 5.19. The van der Waals surface area contributed by atoms with Crippen LogP contribution in [0.2, 0.25) is 0 Å². The van der Waals surface area contributed by atoms with E-state index in [4.69, 9.17) is 24.7 Å². The van der Waals surface area contributed by atoms with Gasteiger partial charge in [-0.2, -0.15) is 0 Å². The summed E-state index contributed by atoms with van der Waals surface area (Å²) in [6, 6.07) is 11.8. The Balaban J connectivity index is 2.22. The van der Waals surface area contributed by atoms with Crippen molar-refractivity contribution in [1.82, 2.24) is 9.55 Å². The molecule has 0 saturated carbocycles. The lowest BCUT2D eigenvalue weighted by molar-refractivity contribution is 0.327. The molecule has 0 unspecified atom stereocenters. The zero-order valence-electron chi connectivity index (χ0n) is 17.1. The molecule has 3 aromatic carbocycles. The van der Waals surface area contributed by atoms with Crippen LogP contribution in [0.15, 0.2) is 36.4 Å². The number of aryl methyl sites for hydroxylation is 1. The number of hydrogen-bond donors (Lipinski definition) is 1. The van der Waals surface area contributed by atoms with Crippen molar-refractivity contribution in [1.29, 1.82) is 0 Å². The van der Waals surface area contributed by atoms with Gasteiger partial charge in [-0.25, -0.2) is 4.98 Å². The van der Waals surface area contributed by atoms with Gasteiger partial charge < -0.3 is 29.2 Å². The van der Waals surface area contributed by atoms with Gasteiger partial charge in [0.2, 0.25) is 11.7 Å². The monoisotopic (exact) mass is 393 g/mol. The second-order valence-corrected chi connectivity index (χ2v) is 6.62. The van der Waals surface area contributed by atoms with Crippen LogP contribution in [0.3, 0.4) is 0 Å². The van der Waals surface area contributed by atoms with Crippen molar-refractivity contribution in [3.63, 3.8) is 0 Å². The predicted octanol–water partition coefficient (Wildman–Crippen LogP) is 4.01. The molecule has 29 heavy (non-hydrogen) atoms. The number of methoxy groups -OCH3 is 4. The molecule has 7 nitrogen and oxygen atoms in total. The van der Waals surface area contributed by atoms with Crippen LogP contribution in [0.4, 0.5) is 5.95 Å². The fraction of sp³-hybridized carbons (Fsp3) is 0.227. The van der Waals surface area contributed by atoms with Gasteiger partial charge in [0.1, 0.15) is 5.75 Å². The van der Waals surface area contributed by atoms with Crippen LogP contribution in [-0.2, 0) is 7.05 Å². The Bertz CT molecular complexity index is 1210. The van der Waals surface area contributed by atoms with Crippen molar-refractivity contribution in [3.8, 4) is 34.1 Å². The lowest BCUT2D eigenvalue weighted by atomic mass is 9.95. The molecule has 150 valence electrons. The molecule has 0 aliphatic heterocycles. The van der Waals surface area contributed by atoms with Gasteiger partial charge in [0.15, 0.2) is 11.5 Å². The Kier molecular flexibility index (Phi) is 4.58. The fourth-order valence-corrected chi connectivity index (χ4v) is 3.73. The van der Waals surface area contributed by atoms with Gasteiger partial charge in [0.25, 0.3) is 0 Å². The Hall–Kier alpha value is -3.61. The molecule has 1 aromatic heterocycles. The number of hydrogen-bond acceptors (Lipinski definition) is 6. The smallest absolute Gasteiger partial charge is 0.203 e. The summed E-state index contributed by atoms with van der Waals surface area (Å²) in [4.78, 5) is 4.64. The molecule has 0 aliphatic rings. The third-order valence-electron chi connectivity index (χ3n) is 5.19. The number of nitrogens with two attached hydrogens (primary N) is 1. The molecule has 1 heterocycles. The molecule has 4 rings (SSSR count). The maximum absolute atomic E-state index is 6.14. The molecule has 0 fully saturated rings. The van der Waals surface area contributed by atoms with Crippen LogP contribution in [0, 0.1) is 0 Å². The number of benzene rings is 3. The number of nitrogens with zero attached hydrogens (tertiary/aromatic N) is 2. The highest BCUT2D eigenvalue weighted by molar-refractivity contribution is 6.14. The third kappa shape index (κ3) is 2.77. The second kappa shape index (κ2) is 7.09. The van der Waals surface area contributed by atoms with E-state index in [-0.39, 0.29) is 0 Å². The number of nitrogen functional groups attached to an aromatic ring is 1. The molecule has 0 radical (unpaired) electrons. The number of fused-ring (bicyclic) bond motifs is 2. The summed E-state index contributed by atoms with van der Waals surface area (Å²) in [7, 11) is 8.35. The van der Waals surface area contributed by atoms with Crippen LogP contribution in [0.5, 0.6) is 23.0 Å². The van der Waals surface area contributed by atoms with Gasteiger partial charge in [-0.15, -0.1) is 0 Å². The van der Waals surface area contributed by atoms with Crippen molar-refractivity contribution < 1.29 is 18.9 Å². The normalized spacial score (nSPS) is 11.1. The number of anilines is 1. The average molecular weight is 393 g/mol. The van der Waals surface area contributed by atoms with Crippen LogP contribution < -0.4 is 24.7 Å². The van der Waals surface area contributed by atoms with E-state index in [1.54, 1.807) is 28.4 Å². The molecular weight excluding hydrogens is 370 g/mol. The molecule has 0 bridgehead atoms. The van der Waals surface area contributed by atoms with Crippen LogP contribution >= 0.6 is 0 Å². The number of ether oxygens (including phenoxy) is 4. The standard InChI is InChI=1S/C22H23N3O4/c1-25-15-10-13-11-16(27-3)20(28-4)21(29-5)18(13)17(19(15)24-22(25)23)12-6-8-14(26-2)9-7-12/h6-11H,1-5H3,(H2,23,24). The Morgan fingerprint density at radius 2 is 1.55 bits per heavy atom. The SMILES string of the molecule is COc1ccc(-c2c3nc(N)n(C)c3cc3cc(OC)c(OC)c(OC)c23)cc1. The van der Waals surface area contributed by atoms with E-state index in [0.717, 1.165) is 38.7 Å². The topological polar surface area (TPSA) is 80.8 Å². The largest absolute Gasteiger partial charge is 0.497 e. The minimum Gasteiger partial charge on any atom is -0.497 e. The molecule has 2 N–H and O–H groups in total. The quantitative estimate of drug-likeness (QED) is 0.552. The zero-order chi connectivity index (χ0) is 20.7. The summed E-state index contributed by atoms with van der Waals surface area (Å²) in [5, 5.41) is 1.81. The van der Waals surface area contributed by atoms with Gasteiger partial charge in [-0.3, -0.25) is 0 Å². The van der Waals surface area contributed by atoms with Crippen molar-refractivity contribution in [2.24, 2.45) is 7.05 Å². The molecule has 0 saturated heterocycles. The minimum atomic E-state index is 0.433. The Labute approximate surface area is 168 Å². The van der Waals surface area contributed by atoms with E-state index >= 15 is 0 Å². The summed E-state index contributed by atoms with van der Waals surface area (Å²) in [6.45, 7) is 0. The van der Waals surface area contributed by atoms with E-state index in [0.29, 0.717) is 23.2 Å². The lowest BCUT2D eigenvalue weighted by Crippen LogP contribution is -1.98. The van der Waals surface area contributed by atoms with Crippen LogP contribution in [0.1, 0.15) is 0 Å². The first-order valence-corrected chi connectivity index (χ1v) is 9.06. The molecular formula is C22H23N3O4. The van der Waals surface area contributed by atoms with Gasteiger partial charge >= 0.3 is 0 Å². The van der Waals surface area contributed by atoms with Gasteiger partial charge in [-0.05, 0) is 35.2 Å². The average Bonchev–Trinajstić information content (AvgIpc) is 3.04. The summed E-state index contributed by atoms with van der Waals surface area (Å²) < 4.78 is 24.1. The summed E-state index contributed by atoms with van der Waals surface area (Å²) in [6.07, 6.45) is 0. The van der Waals surface area contributed by atoms with E-state index in [1.165, 1.54) is 0 Å². The minimum absolute atomic E-state index is 0.433. The summed E-state index contributed by atoms with van der Waals surface area (Å²) in [5.41, 5.74) is 9.71. The number of rotatable bonds is 5. The molecule has 0 aliphatic carbocycles. The molecule has 0 atom stereocenters. The van der Waals surface area contributed by atoms with Gasteiger partial charge in [0.05, 0.1) is 39.5 Å². The van der Waals surface area contributed by atoms with Crippen LogP contribution in [-0.4, -0.2) is 38.0 Å². The fourth-order valence-electron chi connectivity index (χ4n) is 3.73. The van der Waals surface area contributed by atoms with Crippen molar-refractivity contribution >= 4 is 27.8 Å². The summed E-state index contributed by atoms with van der Waals surface area (Å²) >= 11 is 0. The molecule has 7 heteroatoms. The predicted molar refractivity (Wildman–Crippen MR) is 114 cm³/mol. The maximum Gasteiger partial charge on any atom is 0.203 e. The van der Waals surface area contributed by atoms with E-state index < -0.39 is 0 Å². The first-order valence-electron chi connectivity index (χ1n) is 9.06. The second-order valence-electron chi connectivity index (χ2n) is 6.62. The Morgan fingerprint density at radius 1 is 0.862 bits per heavy atom. The van der Waals surface area contributed by atoms with Gasteiger partial charge in [0, 0.05) is 18.0 Å². The van der Waals surface area contributed by atoms with Crippen molar-refractivity contribution in [2.75, 3.05) is 34.2 Å². The Morgan fingerprint density at radius 3 is 2.14 bits per heavy atom. The lowest BCUT2D eigenvalue weighted by Gasteiger charge is -2.18. The van der Waals surface area contributed by atoms with Crippen molar-refractivity contribution in [2.45, 2.75) is 0 Å². The van der Waals surface area contributed by atoms with E-state index in [9.17, 15) is 0 Å². The first kappa shape index (κ1) is 18.7. The van der Waals surface area contributed by atoms with E-state index in [1.807, 2.05) is 48.0 Å². The first-order chi connectivity index (χ1) is 14.0. The highest BCUT2D eigenvalue weighted by atomic mass is 16.5. The molecule has 0 spiro atoms.